The van der Waals surface area contributed by atoms with E-state index < -0.39 is 0 Å². The van der Waals surface area contributed by atoms with Gasteiger partial charge in [0.2, 0.25) is 0 Å². The van der Waals surface area contributed by atoms with E-state index in [0.717, 1.165) is 23.3 Å². The molecule has 0 aliphatic carbocycles. The number of hydrogen-bond acceptors (Lipinski definition) is 2. The molecule has 0 aliphatic rings. The van der Waals surface area contributed by atoms with Gasteiger partial charge < -0.3 is 5.73 Å². The lowest BCUT2D eigenvalue weighted by molar-refractivity contribution is 1.31. The molecule has 0 fully saturated rings. The highest BCUT2D eigenvalue weighted by atomic mass is 35.5. The Kier molecular flexibility index (Phi) is 4.19. The summed E-state index contributed by atoms with van der Waals surface area (Å²) in [5, 5.41) is 0.650. The van der Waals surface area contributed by atoms with Gasteiger partial charge in [-0.2, -0.15) is 12.6 Å². The number of rotatable bonds is 1. The predicted molar refractivity (Wildman–Crippen MR) is 65.9 cm³/mol. The van der Waals surface area contributed by atoms with Crippen LogP contribution in [0.5, 0.6) is 0 Å². The van der Waals surface area contributed by atoms with Crippen LogP contribution in [0.4, 0.5) is 5.69 Å². The monoisotopic (exact) mass is 225 g/mol. The summed E-state index contributed by atoms with van der Waals surface area (Å²) in [6.45, 7) is 1.89. The molecule has 0 bridgehead atoms. The van der Waals surface area contributed by atoms with Gasteiger partial charge in [-0.25, -0.2) is 0 Å². The van der Waals surface area contributed by atoms with Crippen molar-refractivity contribution in [1.29, 1.82) is 0 Å². The Bertz CT molecular complexity index is 390. The summed E-state index contributed by atoms with van der Waals surface area (Å²) in [5.74, 6) is 6.75. The summed E-state index contributed by atoms with van der Waals surface area (Å²) in [5.41, 5.74) is 8.13. The first kappa shape index (κ1) is 11.3. The second-order valence-electron chi connectivity index (χ2n) is 2.92. The number of halogens is 1. The number of nitrogen functional groups attached to an aromatic ring is 1. The van der Waals surface area contributed by atoms with Gasteiger partial charge in [0.05, 0.1) is 5.02 Å². The molecule has 0 atom stereocenters. The van der Waals surface area contributed by atoms with E-state index in [1.54, 1.807) is 0 Å². The van der Waals surface area contributed by atoms with E-state index in [0.29, 0.717) is 10.7 Å². The minimum Gasteiger partial charge on any atom is -0.398 e. The topological polar surface area (TPSA) is 26.0 Å². The van der Waals surface area contributed by atoms with Crippen LogP contribution in [0.2, 0.25) is 5.02 Å². The highest BCUT2D eigenvalue weighted by Crippen LogP contribution is 2.24. The zero-order valence-corrected chi connectivity index (χ0v) is 9.62. The van der Waals surface area contributed by atoms with Gasteiger partial charge in [0.15, 0.2) is 0 Å². The first-order chi connectivity index (χ1) is 6.66. The van der Waals surface area contributed by atoms with Gasteiger partial charge in [-0.1, -0.05) is 23.4 Å². The van der Waals surface area contributed by atoms with E-state index in [1.807, 2.05) is 19.1 Å². The molecule has 0 radical (unpaired) electrons. The highest BCUT2D eigenvalue weighted by molar-refractivity contribution is 7.80. The van der Waals surface area contributed by atoms with Crippen molar-refractivity contribution < 1.29 is 0 Å². The Balaban J connectivity index is 3.02. The molecule has 0 saturated carbocycles. The molecule has 74 valence electrons. The fourth-order valence-electron chi connectivity index (χ4n) is 1.01. The van der Waals surface area contributed by atoms with Crippen molar-refractivity contribution in [3.63, 3.8) is 0 Å². The molecule has 0 aromatic heterocycles. The fraction of sp³-hybridized carbons (Fsp3) is 0.273. The lowest BCUT2D eigenvalue weighted by Gasteiger charge is -2.03. The summed E-state index contributed by atoms with van der Waals surface area (Å²) < 4.78 is 0. The van der Waals surface area contributed by atoms with Crippen LogP contribution in [0.25, 0.3) is 0 Å². The molecule has 14 heavy (non-hydrogen) atoms. The zero-order valence-electron chi connectivity index (χ0n) is 7.97. The molecule has 0 aliphatic heterocycles. The van der Waals surface area contributed by atoms with Crippen molar-refractivity contribution in [2.24, 2.45) is 0 Å². The van der Waals surface area contributed by atoms with Crippen LogP contribution in [0, 0.1) is 18.8 Å². The van der Waals surface area contributed by atoms with Crippen LogP contribution in [-0.2, 0) is 0 Å². The maximum Gasteiger partial charge on any atom is 0.0612 e. The summed E-state index contributed by atoms with van der Waals surface area (Å²) in [7, 11) is 0. The summed E-state index contributed by atoms with van der Waals surface area (Å²) in [4.78, 5) is 0. The Labute approximate surface area is 95.1 Å². The van der Waals surface area contributed by atoms with Crippen LogP contribution >= 0.6 is 24.2 Å². The summed E-state index contributed by atoms with van der Waals surface area (Å²) >= 11 is 10.1. The molecule has 0 amide bonds. The Hall–Kier alpha value is -0.780. The smallest absolute Gasteiger partial charge is 0.0612 e. The molecule has 1 aromatic rings. The van der Waals surface area contributed by atoms with Crippen molar-refractivity contribution in [2.45, 2.75) is 13.3 Å². The van der Waals surface area contributed by atoms with E-state index >= 15 is 0 Å². The van der Waals surface area contributed by atoms with Crippen LogP contribution < -0.4 is 5.73 Å². The average molecular weight is 226 g/mol. The van der Waals surface area contributed by atoms with Gasteiger partial charge in [-0.3, -0.25) is 0 Å². The van der Waals surface area contributed by atoms with Crippen LogP contribution in [-0.4, -0.2) is 5.75 Å². The molecule has 0 spiro atoms. The van der Waals surface area contributed by atoms with Crippen molar-refractivity contribution in [3.8, 4) is 11.8 Å². The minimum absolute atomic E-state index is 0.650. The standard InChI is InChI=1S/C11H12ClNS/c1-8-10(13)6-5-9(11(8)12)4-2-3-7-14/h5-6,14H,3,7,13H2,1H3. The molecular formula is C11H12ClNS. The van der Waals surface area contributed by atoms with Gasteiger partial charge in [-0.15, -0.1) is 0 Å². The third-order valence-corrected chi connectivity index (χ3v) is 2.60. The zero-order chi connectivity index (χ0) is 10.6. The Morgan fingerprint density at radius 3 is 2.86 bits per heavy atom. The first-order valence-electron chi connectivity index (χ1n) is 4.31. The van der Waals surface area contributed by atoms with Gasteiger partial charge in [0, 0.05) is 23.4 Å². The molecular weight excluding hydrogens is 214 g/mol. The normalized spacial score (nSPS) is 9.36. The number of hydrogen-bond donors (Lipinski definition) is 2. The van der Waals surface area contributed by atoms with E-state index in [4.69, 9.17) is 17.3 Å². The van der Waals surface area contributed by atoms with E-state index in [2.05, 4.69) is 24.5 Å². The van der Waals surface area contributed by atoms with E-state index in [9.17, 15) is 0 Å². The summed E-state index contributed by atoms with van der Waals surface area (Å²) in [6, 6.07) is 3.67. The Morgan fingerprint density at radius 2 is 2.21 bits per heavy atom. The largest absolute Gasteiger partial charge is 0.398 e. The van der Waals surface area contributed by atoms with Gasteiger partial charge in [-0.05, 0) is 24.6 Å². The molecule has 1 rings (SSSR count). The number of nitrogens with two attached hydrogens (primary N) is 1. The molecule has 1 nitrogen and oxygen atoms in total. The molecule has 1 aromatic carbocycles. The maximum absolute atomic E-state index is 6.08. The van der Waals surface area contributed by atoms with Gasteiger partial charge >= 0.3 is 0 Å². The lowest BCUT2D eigenvalue weighted by atomic mass is 10.1. The maximum atomic E-state index is 6.08. The molecule has 0 heterocycles. The van der Waals surface area contributed by atoms with E-state index in [1.165, 1.54) is 0 Å². The van der Waals surface area contributed by atoms with Crippen molar-refractivity contribution >= 4 is 29.9 Å². The third kappa shape index (κ3) is 2.60. The minimum atomic E-state index is 0.650. The second-order valence-corrected chi connectivity index (χ2v) is 3.74. The van der Waals surface area contributed by atoms with Crippen molar-refractivity contribution in [1.82, 2.24) is 0 Å². The Morgan fingerprint density at radius 1 is 1.50 bits per heavy atom. The average Bonchev–Trinajstić information content (AvgIpc) is 2.18. The number of benzene rings is 1. The van der Waals surface area contributed by atoms with E-state index in [-0.39, 0.29) is 0 Å². The molecule has 3 heteroatoms. The number of anilines is 1. The highest BCUT2D eigenvalue weighted by Gasteiger charge is 2.03. The third-order valence-electron chi connectivity index (χ3n) is 1.89. The summed E-state index contributed by atoms with van der Waals surface area (Å²) in [6.07, 6.45) is 0.767. The SMILES string of the molecule is Cc1c(N)ccc(C#CCCS)c1Cl. The fourth-order valence-corrected chi connectivity index (χ4v) is 1.34. The van der Waals surface area contributed by atoms with Crippen LogP contribution in [0.15, 0.2) is 12.1 Å². The molecule has 2 N–H and O–H groups in total. The first-order valence-corrected chi connectivity index (χ1v) is 5.32. The van der Waals surface area contributed by atoms with Crippen molar-refractivity contribution in [3.05, 3.63) is 28.3 Å². The number of thiol groups is 1. The predicted octanol–water partition coefficient (Wildman–Crippen LogP) is 2.90. The second kappa shape index (κ2) is 5.19. The van der Waals surface area contributed by atoms with Crippen LogP contribution in [0.3, 0.4) is 0 Å². The van der Waals surface area contributed by atoms with Gasteiger partial charge in [0.25, 0.3) is 0 Å². The van der Waals surface area contributed by atoms with Crippen molar-refractivity contribution in [2.75, 3.05) is 11.5 Å². The lowest BCUT2D eigenvalue weighted by Crippen LogP contribution is -1.91. The molecule has 0 unspecified atom stereocenters. The van der Waals surface area contributed by atoms with Gasteiger partial charge in [0.1, 0.15) is 0 Å². The molecule has 0 saturated heterocycles. The van der Waals surface area contributed by atoms with Crippen LogP contribution in [0.1, 0.15) is 17.5 Å². The quantitative estimate of drug-likeness (QED) is 0.429.